The Bertz CT molecular complexity index is 662. The Morgan fingerprint density at radius 3 is 2.70 bits per heavy atom. The van der Waals surface area contributed by atoms with Crippen molar-refractivity contribution in [1.29, 1.82) is 0 Å². The van der Waals surface area contributed by atoms with Crippen LogP contribution < -0.4 is 15.8 Å². The van der Waals surface area contributed by atoms with Gasteiger partial charge in [0.25, 0.3) is 5.91 Å². The lowest BCUT2D eigenvalue weighted by Gasteiger charge is -2.10. The van der Waals surface area contributed by atoms with Crippen molar-refractivity contribution in [1.82, 2.24) is 0 Å². The Hall–Kier alpha value is -1.72. The van der Waals surface area contributed by atoms with Crippen LogP contribution in [0.5, 0.6) is 5.75 Å². The number of halogens is 2. The second-order valence-corrected chi connectivity index (χ2v) is 5.33. The molecule has 6 heteroatoms. The van der Waals surface area contributed by atoms with E-state index in [9.17, 15) is 4.79 Å². The molecule has 0 bridgehead atoms. The fraction of sp³-hybridized carbons (Fsp3) is 0.0714. The number of nitrogens with two attached hydrogens (primary N) is 1. The molecule has 104 valence electrons. The fourth-order valence-corrected chi connectivity index (χ4v) is 2.28. The lowest BCUT2D eigenvalue weighted by Crippen LogP contribution is -2.12. The van der Waals surface area contributed by atoms with Gasteiger partial charge in [-0.2, -0.15) is 0 Å². The second kappa shape index (κ2) is 6.15. The molecule has 2 aromatic carbocycles. The van der Waals surface area contributed by atoms with Crippen LogP contribution in [-0.2, 0) is 0 Å². The molecule has 2 rings (SSSR count). The van der Waals surface area contributed by atoms with E-state index in [2.05, 4.69) is 21.2 Å². The molecule has 0 saturated heterocycles. The zero-order valence-electron chi connectivity index (χ0n) is 10.6. The van der Waals surface area contributed by atoms with Crippen LogP contribution in [0.15, 0.2) is 40.9 Å². The van der Waals surface area contributed by atoms with Crippen LogP contribution in [0.4, 0.5) is 11.4 Å². The normalized spacial score (nSPS) is 10.2. The number of carbonyl (C=O) groups excluding carboxylic acids is 1. The molecule has 0 aliphatic rings. The minimum Gasteiger partial charge on any atom is -0.495 e. The standard InChI is InChI=1S/C14H12BrClN2O2/c1-20-13-5-3-9(7-12(13)17)18-14(19)10-6-8(16)2-4-11(10)15/h2-7H,17H2,1H3,(H,18,19). The Balaban J connectivity index is 2.23. The van der Waals surface area contributed by atoms with E-state index in [0.717, 1.165) is 0 Å². The molecule has 0 radical (unpaired) electrons. The molecule has 2 aromatic rings. The monoisotopic (exact) mass is 354 g/mol. The minimum absolute atomic E-state index is 0.274. The number of methoxy groups -OCH3 is 1. The summed E-state index contributed by atoms with van der Waals surface area (Å²) in [7, 11) is 1.53. The molecular weight excluding hydrogens is 344 g/mol. The van der Waals surface area contributed by atoms with Crippen molar-refractivity contribution in [3.05, 3.63) is 51.5 Å². The van der Waals surface area contributed by atoms with Gasteiger partial charge in [0.15, 0.2) is 0 Å². The molecule has 0 aliphatic carbocycles. The van der Waals surface area contributed by atoms with Crippen LogP contribution >= 0.6 is 27.5 Å². The molecule has 0 aromatic heterocycles. The number of benzene rings is 2. The van der Waals surface area contributed by atoms with Gasteiger partial charge in [-0.3, -0.25) is 4.79 Å². The average Bonchev–Trinajstić information content (AvgIpc) is 2.41. The van der Waals surface area contributed by atoms with Crippen LogP contribution in [-0.4, -0.2) is 13.0 Å². The molecule has 0 heterocycles. The number of anilines is 2. The molecule has 20 heavy (non-hydrogen) atoms. The summed E-state index contributed by atoms with van der Waals surface area (Å²) in [6, 6.07) is 10.1. The van der Waals surface area contributed by atoms with Gasteiger partial charge in [0.2, 0.25) is 0 Å². The predicted octanol–water partition coefficient (Wildman–Crippen LogP) is 3.95. The SMILES string of the molecule is COc1ccc(NC(=O)c2cc(Cl)ccc2Br)cc1N. The number of hydrogen-bond acceptors (Lipinski definition) is 3. The number of ether oxygens (including phenoxy) is 1. The summed E-state index contributed by atoms with van der Waals surface area (Å²) in [4.78, 5) is 12.2. The molecule has 3 N–H and O–H groups in total. The largest absolute Gasteiger partial charge is 0.495 e. The fourth-order valence-electron chi connectivity index (χ4n) is 1.68. The number of rotatable bonds is 3. The molecule has 0 saturated carbocycles. The summed E-state index contributed by atoms with van der Waals surface area (Å²) in [5, 5.41) is 3.25. The number of hydrogen-bond donors (Lipinski definition) is 2. The number of carbonyl (C=O) groups is 1. The maximum absolute atomic E-state index is 12.2. The molecule has 0 atom stereocenters. The Morgan fingerprint density at radius 2 is 2.05 bits per heavy atom. The Morgan fingerprint density at radius 1 is 1.30 bits per heavy atom. The lowest BCUT2D eigenvalue weighted by atomic mass is 10.2. The first-order valence-corrected chi connectivity index (χ1v) is 6.88. The van der Waals surface area contributed by atoms with Gasteiger partial charge in [-0.15, -0.1) is 0 Å². The van der Waals surface area contributed by atoms with Crippen molar-refractivity contribution in [3.8, 4) is 5.75 Å². The third-order valence-electron chi connectivity index (χ3n) is 2.66. The van der Waals surface area contributed by atoms with Gasteiger partial charge >= 0.3 is 0 Å². The highest BCUT2D eigenvalue weighted by Gasteiger charge is 2.11. The van der Waals surface area contributed by atoms with E-state index in [-0.39, 0.29) is 5.91 Å². The van der Waals surface area contributed by atoms with Crippen LogP contribution in [0, 0.1) is 0 Å². The van der Waals surface area contributed by atoms with Crippen LogP contribution in [0.3, 0.4) is 0 Å². The van der Waals surface area contributed by atoms with E-state index >= 15 is 0 Å². The van der Waals surface area contributed by atoms with Crippen molar-refractivity contribution in [2.24, 2.45) is 0 Å². The highest BCUT2D eigenvalue weighted by molar-refractivity contribution is 9.10. The molecule has 0 fully saturated rings. The van der Waals surface area contributed by atoms with Gasteiger partial charge < -0.3 is 15.8 Å². The van der Waals surface area contributed by atoms with Crippen LogP contribution in [0.1, 0.15) is 10.4 Å². The van der Waals surface area contributed by atoms with Gasteiger partial charge in [-0.1, -0.05) is 11.6 Å². The summed E-state index contributed by atoms with van der Waals surface area (Å²) in [6.45, 7) is 0. The minimum atomic E-state index is -0.274. The molecule has 0 aliphatic heterocycles. The van der Waals surface area contributed by atoms with E-state index < -0.39 is 0 Å². The van der Waals surface area contributed by atoms with Crippen molar-refractivity contribution in [2.75, 3.05) is 18.2 Å². The molecule has 0 spiro atoms. The first kappa shape index (κ1) is 14.7. The number of nitrogen functional groups attached to an aromatic ring is 1. The van der Waals surface area contributed by atoms with Gasteiger partial charge in [-0.25, -0.2) is 0 Å². The molecule has 4 nitrogen and oxygen atoms in total. The van der Waals surface area contributed by atoms with E-state index in [1.807, 2.05) is 0 Å². The first-order chi connectivity index (χ1) is 9.51. The zero-order chi connectivity index (χ0) is 14.7. The Labute approximate surface area is 130 Å². The Kier molecular flexibility index (Phi) is 4.52. The van der Waals surface area contributed by atoms with Crippen molar-refractivity contribution in [3.63, 3.8) is 0 Å². The molecule has 0 unspecified atom stereocenters. The lowest BCUT2D eigenvalue weighted by molar-refractivity contribution is 0.102. The van der Waals surface area contributed by atoms with E-state index in [0.29, 0.717) is 32.2 Å². The predicted molar refractivity (Wildman–Crippen MR) is 84.5 cm³/mol. The van der Waals surface area contributed by atoms with E-state index in [4.69, 9.17) is 22.1 Å². The topological polar surface area (TPSA) is 64.3 Å². The summed E-state index contributed by atoms with van der Waals surface area (Å²) < 4.78 is 5.73. The zero-order valence-corrected chi connectivity index (χ0v) is 13.0. The van der Waals surface area contributed by atoms with Crippen molar-refractivity contribution in [2.45, 2.75) is 0 Å². The van der Waals surface area contributed by atoms with Crippen LogP contribution in [0.25, 0.3) is 0 Å². The first-order valence-electron chi connectivity index (χ1n) is 5.71. The number of amides is 1. The van der Waals surface area contributed by atoms with Crippen LogP contribution in [0.2, 0.25) is 5.02 Å². The number of nitrogens with one attached hydrogen (secondary N) is 1. The van der Waals surface area contributed by atoms with Crippen molar-refractivity contribution >= 4 is 44.8 Å². The summed E-state index contributed by atoms with van der Waals surface area (Å²) >= 11 is 9.21. The maximum atomic E-state index is 12.2. The van der Waals surface area contributed by atoms with Gasteiger partial charge in [-0.05, 0) is 52.3 Å². The van der Waals surface area contributed by atoms with Gasteiger partial charge in [0.1, 0.15) is 5.75 Å². The van der Waals surface area contributed by atoms with E-state index in [1.165, 1.54) is 7.11 Å². The maximum Gasteiger partial charge on any atom is 0.256 e. The summed E-state index contributed by atoms with van der Waals surface area (Å²) in [6.07, 6.45) is 0. The third kappa shape index (κ3) is 3.23. The highest BCUT2D eigenvalue weighted by Crippen LogP contribution is 2.26. The van der Waals surface area contributed by atoms with Crippen molar-refractivity contribution < 1.29 is 9.53 Å². The highest BCUT2D eigenvalue weighted by atomic mass is 79.9. The molecule has 1 amide bonds. The third-order valence-corrected chi connectivity index (χ3v) is 3.59. The van der Waals surface area contributed by atoms with Gasteiger partial charge in [0, 0.05) is 15.2 Å². The second-order valence-electron chi connectivity index (χ2n) is 4.04. The van der Waals surface area contributed by atoms with E-state index in [1.54, 1.807) is 36.4 Å². The van der Waals surface area contributed by atoms with Gasteiger partial charge in [0.05, 0.1) is 18.4 Å². The average molecular weight is 356 g/mol. The quantitative estimate of drug-likeness (QED) is 0.820. The summed E-state index contributed by atoms with van der Waals surface area (Å²) in [5.74, 6) is 0.288. The molecular formula is C14H12BrClN2O2. The smallest absolute Gasteiger partial charge is 0.256 e. The summed E-state index contributed by atoms with van der Waals surface area (Å²) in [5.41, 5.74) is 7.28.